The molecule has 3 rings (SSSR count). The molecule has 1 heterocycles. The average Bonchev–Trinajstić information content (AvgIpc) is 2.63. The first-order chi connectivity index (χ1) is 12.8. The third kappa shape index (κ3) is 4.31. The van der Waals surface area contributed by atoms with E-state index >= 15 is 0 Å². The molecule has 2 aromatic rings. The van der Waals surface area contributed by atoms with E-state index in [2.05, 4.69) is 4.72 Å². The Morgan fingerprint density at radius 3 is 2.59 bits per heavy atom. The number of hydrogen-bond donors (Lipinski definition) is 2. The Kier molecular flexibility index (Phi) is 5.53. The summed E-state index contributed by atoms with van der Waals surface area (Å²) in [7, 11) is -3.82. The van der Waals surface area contributed by atoms with Gasteiger partial charge in [0, 0.05) is 18.7 Å². The van der Waals surface area contributed by atoms with Crippen LogP contribution in [0.3, 0.4) is 0 Å². The molecule has 7 heteroatoms. The van der Waals surface area contributed by atoms with E-state index in [-0.39, 0.29) is 17.3 Å². The summed E-state index contributed by atoms with van der Waals surface area (Å²) in [4.78, 5) is 14.5. The molecule has 2 aromatic carbocycles. The Hall–Kier alpha value is -2.38. The predicted octanol–water partition coefficient (Wildman–Crippen LogP) is 2.70. The van der Waals surface area contributed by atoms with Gasteiger partial charge < -0.3 is 10.0 Å². The fraction of sp³-hybridized carbons (Fsp3) is 0.350. The first-order valence-electron chi connectivity index (χ1n) is 8.94. The molecule has 0 aliphatic carbocycles. The maximum absolute atomic E-state index is 12.9. The van der Waals surface area contributed by atoms with E-state index in [1.807, 2.05) is 19.1 Å². The van der Waals surface area contributed by atoms with Gasteiger partial charge in [-0.2, -0.15) is 0 Å². The van der Waals surface area contributed by atoms with E-state index in [9.17, 15) is 18.3 Å². The monoisotopic (exact) mass is 388 g/mol. The largest absolute Gasteiger partial charge is 0.391 e. The molecule has 0 aromatic heterocycles. The Morgan fingerprint density at radius 2 is 1.89 bits per heavy atom. The van der Waals surface area contributed by atoms with Crippen LogP contribution in [0.1, 0.15) is 34.3 Å². The van der Waals surface area contributed by atoms with Crippen LogP contribution >= 0.6 is 0 Å². The van der Waals surface area contributed by atoms with Crippen molar-refractivity contribution >= 4 is 21.6 Å². The summed E-state index contributed by atoms with van der Waals surface area (Å²) in [6.07, 6.45) is 0.883. The minimum absolute atomic E-state index is 0.0391. The van der Waals surface area contributed by atoms with Gasteiger partial charge in [-0.1, -0.05) is 24.3 Å². The molecule has 1 unspecified atom stereocenters. The number of piperidine rings is 1. The molecule has 0 saturated carbocycles. The number of carbonyl (C=O) groups excluding carboxylic acids is 1. The second-order valence-corrected chi connectivity index (χ2v) is 8.63. The van der Waals surface area contributed by atoms with Gasteiger partial charge in [0.2, 0.25) is 0 Å². The first-order valence-corrected chi connectivity index (χ1v) is 10.4. The van der Waals surface area contributed by atoms with Gasteiger partial charge in [0.25, 0.3) is 15.9 Å². The van der Waals surface area contributed by atoms with Crippen LogP contribution in [0.25, 0.3) is 0 Å². The number of para-hydroxylation sites is 1. The third-order valence-electron chi connectivity index (χ3n) is 4.82. The highest BCUT2D eigenvalue weighted by atomic mass is 32.2. The summed E-state index contributed by atoms with van der Waals surface area (Å²) in [5, 5.41) is 9.82. The summed E-state index contributed by atoms with van der Waals surface area (Å²) in [6, 6.07) is 11.7. The van der Waals surface area contributed by atoms with Crippen LogP contribution in [0.4, 0.5) is 5.69 Å². The smallest absolute Gasteiger partial charge is 0.261 e. The molecule has 1 saturated heterocycles. The van der Waals surface area contributed by atoms with Gasteiger partial charge in [-0.15, -0.1) is 0 Å². The van der Waals surface area contributed by atoms with Crippen molar-refractivity contribution in [1.82, 2.24) is 4.90 Å². The van der Waals surface area contributed by atoms with Crippen molar-refractivity contribution in [2.75, 3.05) is 17.8 Å². The molecule has 1 atom stereocenters. The van der Waals surface area contributed by atoms with E-state index < -0.39 is 16.1 Å². The van der Waals surface area contributed by atoms with Crippen LogP contribution in [0.15, 0.2) is 47.4 Å². The molecule has 0 bridgehead atoms. The predicted molar refractivity (Wildman–Crippen MR) is 104 cm³/mol. The lowest BCUT2D eigenvalue weighted by Crippen LogP contribution is -2.42. The lowest BCUT2D eigenvalue weighted by atomic mass is 10.0. The summed E-state index contributed by atoms with van der Waals surface area (Å²) < 4.78 is 28.2. The lowest BCUT2D eigenvalue weighted by molar-refractivity contribution is 0.0473. The summed E-state index contributed by atoms with van der Waals surface area (Å²) in [5.74, 6) is -0.251. The van der Waals surface area contributed by atoms with Crippen molar-refractivity contribution in [3.05, 3.63) is 59.2 Å². The van der Waals surface area contributed by atoms with E-state index in [4.69, 9.17) is 0 Å². The average molecular weight is 388 g/mol. The Bertz CT molecular complexity index is 956. The third-order valence-corrected chi connectivity index (χ3v) is 6.19. The molecule has 144 valence electrons. The van der Waals surface area contributed by atoms with E-state index in [1.54, 1.807) is 30.0 Å². The molecule has 1 aliphatic heterocycles. The van der Waals surface area contributed by atoms with Gasteiger partial charge in [-0.25, -0.2) is 8.42 Å². The number of nitrogens with one attached hydrogen (secondary N) is 1. The Balaban J connectivity index is 1.90. The highest BCUT2D eigenvalue weighted by Gasteiger charge is 2.25. The Labute approximate surface area is 159 Å². The van der Waals surface area contributed by atoms with E-state index in [1.165, 1.54) is 12.1 Å². The highest BCUT2D eigenvalue weighted by Crippen LogP contribution is 2.23. The van der Waals surface area contributed by atoms with Crippen molar-refractivity contribution in [3.63, 3.8) is 0 Å². The zero-order chi connectivity index (χ0) is 19.6. The number of likely N-dealkylation sites (tertiary alicyclic amines) is 1. The van der Waals surface area contributed by atoms with Gasteiger partial charge in [0.1, 0.15) is 0 Å². The number of amides is 1. The molecule has 1 aliphatic rings. The molecule has 2 N–H and O–H groups in total. The second-order valence-electron chi connectivity index (χ2n) is 6.94. The van der Waals surface area contributed by atoms with Gasteiger partial charge in [-0.3, -0.25) is 9.52 Å². The van der Waals surface area contributed by atoms with Crippen LogP contribution in [0.2, 0.25) is 0 Å². The molecule has 6 nitrogen and oxygen atoms in total. The number of nitrogens with zero attached hydrogens (tertiary/aromatic N) is 1. The molecular weight excluding hydrogens is 364 g/mol. The zero-order valence-corrected chi connectivity index (χ0v) is 16.3. The molecular formula is C20H24N2O4S. The topological polar surface area (TPSA) is 86.7 Å². The standard InChI is InChI=1S/C20H24N2O4S/c1-14-9-10-17(27(25,26)21-19-8-4-3-6-15(19)2)12-18(14)20(24)22-11-5-7-16(23)13-22/h3-4,6,8-10,12,16,21,23H,5,7,11,13H2,1-2H3. The van der Waals surface area contributed by atoms with Crippen molar-refractivity contribution in [1.29, 1.82) is 0 Å². The van der Waals surface area contributed by atoms with E-state index in [0.717, 1.165) is 12.0 Å². The molecule has 0 radical (unpaired) electrons. The number of benzene rings is 2. The maximum Gasteiger partial charge on any atom is 0.261 e. The number of rotatable bonds is 4. The van der Waals surface area contributed by atoms with Gasteiger partial charge in [0.15, 0.2) is 0 Å². The zero-order valence-electron chi connectivity index (χ0n) is 15.5. The van der Waals surface area contributed by atoms with E-state index in [0.29, 0.717) is 29.8 Å². The van der Waals surface area contributed by atoms with Gasteiger partial charge in [-0.05, 0) is 56.0 Å². The maximum atomic E-state index is 12.9. The number of aryl methyl sites for hydroxylation is 2. The van der Waals surface area contributed by atoms with Gasteiger partial charge in [0.05, 0.1) is 16.7 Å². The van der Waals surface area contributed by atoms with Crippen LogP contribution in [-0.4, -0.2) is 43.5 Å². The normalized spacial score (nSPS) is 17.6. The Morgan fingerprint density at radius 1 is 1.15 bits per heavy atom. The number of anilines is 1. The fourth-order valence-electron chi connectivity index (χ4n) is 3.20. The molecule has 1 fully saturated rings. The first kappa shape index (κ1) is 19.4. The van der Waals surface area contributed by atoms with Crippen LogP contribution in [0, 0.1) is 13.8 Å². The lowest BCUT2D eigenvalue weighted by Gasteiger charge is -2.30. The molecule has 0 spiro atoms. The number of carbonyl (C=O) groups is 1. The number of sulfonamides is 1. The second kappa shape index (κ2) is 7.70. The van der Waals surface area contributed by atoms with Crippen LogP contribution < -0.4 is 4.72 Å². The number of aliphatic hydroxyl groups excluding tert-OH is 1. The van der Waals surface area contributed by atoms with Gasteiger partial charge >= 0.3 is 0 Å². The molecule has 1 amide bonds. The SMILES string of the molecule is Cc1ccccc1NS(=O)(=O)c1ccc(C)c(C(=O)N2CCCC(O)C2)c1. The van der Waals surface area contributed by atoms with Crippen LogP contribution in [0.5, 0.6) is 0 Å². The van der Waals surface area contributed by atoms with Crippen LogP contribution in [-0.2, 0) is 10.0 Å². The summed E-state index contributed by atoms with van der Waals surface area (Å²) >= 11 is 0. The summed E-state index contributed by atoms with van der Waals surface area (Å²) in [6.45, 7) is 4.44. The van der Waals surface area contributed by atoms with Crippen molar-refractivity contribution in [2.45, 2.75) is 37.7 Å². The number of aliphatic hydroxyl groups is 1. The highest BCUT2D eigenvalue weighted by molar-refractivity contribution is 7.92. The quantitative estimate of drug-likeness (QED) is 0.843. The van der Waals surface area contributed by atoms with Crippen molar-refractivity contribution in [3.8, 4) is 0 Å². The minimum atomic E-state index is -3.82. The van der Waals surface area contributed by atoms with Crippen molar-refractivity contribution < 1.29 is 18.3 Å². The number of hydrogen-bond acceptors (Lipinski definition) is 4. The molecule has 27 heavy (non-hydrogen) atoms. The number of β-amino-alcohol motifs (C(OH)–C–C–N with tert-alkyl or cyclic N) is 1. The fourth-order valence-corrected chi connectivity index (χ4v) is 4.36. The minimum Gasteiger partial charge on any atom is -0.391 e. The summed E-state index contributed by atoms with van der Waals surface area (Å²) in [5.41, 5.74) is 2.36. The van der Waals surface area contributed by atoms with Crippen molar-refractivity contribution in [2.24, 2.45) is 0 Å².